The average Bonchev–Trinajstić information content (AvgIpc) is 2.31. The lowest BCUT2D eigenvalue weighted by Crippen LogP contribution is -2.15. The van der Waals surface area contributed by atoms with Crippen LogP contribution in [0.3, 0.4) is 0 Å². The van der Waals surface area contributed by atoms with Crippen molar-refractivity contribution < 1.29 is 4.39 Å². The van der Waals surface area contributed by atoms with E-state index in [-0.39, 0.29) is 5.82 Å². The summed E-state index contributed by atoms with van der Waals surface area (Å²) in [5, 5.41) is 0. The van der Waals surface area contributed by atoms with Gasteiger partial charge >= 0.3 is 0 Å². The molecule has 1 heterocycles. The first kappa shape index (κ1) is 11.7. The Hall–Kier alpha value is -1.74. The normalized spacial score (nSPS) is 12.5. The molecule has 0 aliphatic carbocycles. The van der Waals surface area contributed by atoms with Gasteiger partial charge in [0, 0.05) is 11.3 Å². The number of aromatic nitrogens is 1. The fourth-order valence-electron chi connectivity index (χ4n) is 1.80. The van der Waals surface area contributed by atoms with Gasteiger partial charge in [-0.1, -0.05) is 23.8 Å². The van der Waals surface area contributed by atoms with Gasteiger partial charge in [0.25, 0.3) is 0 Å². The van der Waals surface area contributed by atoms with Gasteiger partial charge in [0.15, 0.2) is 0 Å². The molecule has 0 amide bonds. The van der Waals surface area contributed by atoms with Crippen molar-refractivity contribution >= 4 is 0 Å². The SMILES string of the molecule is Cc1ccc(F)c(C(N)c2cccc(C)n2)c1. The van der Waals surface area contributed by atoms with E-state index in [0.29, 0.717) is 11.3 Å². The van der Waals surface area contributed by atoms with Crippen molar-refractivity contribution in [1.29, 1.82) is 0 Å². The van der Waals surface area contributed by atoms with Gasteiger partial charge in [-0.2, -0.15) is 0 Å². The summed E-state index contributed by atoms with van der Waals surface area (Å²) in [6, 6.07) is 10.0. The zero-order valence-corrected chi connectivity index (χ0v) is 9.94. The Kier molecular flexibility index (Phi) is 3.20. The first-order valence-corrected chi connectivity index (χ1v) is 5.53. The molecular formula is C14H15FN2. The van der Waals surface area contributed by atoms with Crippen LogP contribution in [0.25, 0.3) is 0 Å². The molecule has 3 heteroatoms. The molecule has 0 radical (unpaired) electrons. The number of nitrogens with two attached hydrogens (primary N) is 1. The summed E-state index contributed by atoms with van der Waals surface area (Å²) in [4.78, 5) is 4.33. The number of halogens is 1. The van der Waals surface area contributed by atoms with Gasteiger partial charge in [-0.05, 0) is 32.0 Å². The molecular weight excluding hydrogens is 215 g/mol. The number of hydrogen-bond donors (Lipinski definition) is 1. The van der Waals surface area contributed by atoms with Crippen LogP contribution in [0.5, 0.6) is 0 Å². The predicted octanol–water partition coefficient (Wildman–Crippen LogP) is 2.89. The number of hydrogen-bond acceptors (Lipinski definition) is 2. The second-order valence-corrected chi connectivity index (χ2v) is 4.21. The molecule has 0 saturated heterocycles. The summed E-state index contributed by atoms with van der Waals surface area (Å²) in [5.74, 6) is -0.286. The van der Waals surface area contributed by atoms with Crippen LogP contribution in [-0.4, -0.2) is 4.98 Å². The molecule has 2 N–H and O–H groups in total. The molecule has 1 aromatic carbocycles. The van der Waals surface area contributed by atoms with Crippen molar-refractivity contribution in [1.82, 2.24) is 4.98 Å². The summed E-state index contributed by atoms with van der Waals surface area (Å²) in [7, 11) is 0. The molecule has 17 heavy (non-hydrogen) atoms. The largest absolute Gasteiger partial charge is 0.319 e. The molecule has 2 aromatic rings. The number of rotatable bonds is 2. The minimum atomic E-state index is -0.519. The van der Waals surface area contributed by atoms with Crippen molar-refractivity contribution in [3.63, 3.8) is 0 Å². The lowest BCUT2D eigenvalue weighted by atomic mass is 10.0. The first-order valence-electron chi connectivity index (χ1n) is 5.53. The second-order valence-electron chi connectivity index (χ2n) is 4.21. The molecule has 0 aliphatic heterocycles. The predicted molar refractivity (Wildman–Crippen MR) is 66.1 cm³/mol. The molecule has 0 aliphatic rings. The number of nitrogens with zero attached hydrogens (tertiary/aromatic N) is 1. The summed E-state index contributed by atoms with van der Waals surface area (Å²) in [6.07, 6.45) is 0. The van der Waals surface area contributed by atoms with E-state index in [2.05, 4.69) is 4.98 Å². The smallest absolute Gasteiger partial charge is 0.128 e. The van der Waals surface area contributed by atoms with Crippen molar-refractivity contribution in [2.45, 2.75) is 19.9 Å². The Labute approximate surface area is 100 Å². The van der Waals surface area contributed by atoms with E-state index in [4.69, 9.17) is 5.73 Å². The fraction of sp³-hybridized carbons (Fsp3) is 0.214. The molecule has 1 aromatic heterocycles. The zero-order chi connectivity index (χ0) is 12.4. The van der Waals surface area contributed by atoms with E-state index in [1.807, 2.05) is 32.0 Å². The van der Waals surface area contributed by atoms with E-state index >= 15 is 0 Å². The Bertz CT molecular complexity index is 537. The third-order valence-electron chi connectivity index (χ3n) is 2.72. The topological polar surface area (TPSA) is 38.9 Å². The lowest BCUT2D eigenvalue weighted by Gasteiger charge is -2.13. The number of aryl methyl sites for hydroxylation is 2. The molecule has 0 spiro atoms. The van der Waals surface area contributed by atoms with Gasteiger partial charge < -0.3 is 5.73 Å². The maximum Gasteiger partial charge on any atom is 0.128 e. The minimum absolute atomic E-state index is 0.286. The molecule has 0 saturated carbocycles. The van der Waals surface area contributed by atoms with E-state index in [9.17, 15) is 4.39 Å². The molecule has 0 bridgehead atoms. The highest BCUT2D eigenvalue weighted by molar-refractivity contribution is 5.32. The van der Waals surface area contributed by atoms with E-state index in [1.54, 1.807) is 12.1 Å². The standard InChI is InChI=1S/C14H15FN2/c1-9-6-7-12(15)11(8-9)14(16)13-5-3-4-10(2)17-13/h3-8,14H,16H2,1-2H3. The Morgan fingerprint density at radius 1 is 1.18 bits per heavy atom. The highest BCUT2D eigenvalue weighted by Gasteiger charge is 2.14. The van der Waals surface area contributed by atoms with Crippen LogP contribution in [0.15, 0.2) is 36.4 Å². The molecule has 2 rings (SSSR count). The molecule has 2 nitrogen and oxygen atoms in total. The van der Waals surface area contributed by atoms with Crippen LogP contribution < -0.4 is 5.73 Å². The lowest BCUT2D eigenvalue weighted by molar-refractivity contribution is 0.596. The van der Waals surface area contributed by atoms with Crippen molar-refractivity contribution in [2.24, 2.45) is 5.73 Å². The van der Waals surface area contributed by atoms with Crippen molar-refractivity contribution in [2.75, 3.05) is 0 Å². The highest BCUT2D eigenvalue weighted by Crippen LogP contribution is 2.22. The van der Waals surface area contributed by atoms with Gasteiger partial charge in [-0.3, -0.25) is 4.98 Å². The minimum Gasteiger partial charge on any atom is -0.319 e. The van der Waals surface area contributed by atoms with Gasteiger partial charge in [-0.15, -0.1) is 0 Å². The summed E-state index contributed by atoms with van der Waals surface area (Å²) in [6.45, 7) is 3.81. The fourth-order valence-corrected chi connectivity index (χ4v) is 1.80. The summed E-state index contributed by atoms with van der Waals surface area (Å²) in [5.41, 5.74) is 9.10. The van der Waals surface area contributed by atoms with Crippen LogP contribution >= 0.6 is 0 Å². The molecule has 0 fully saturated rings. The molecule has 88 valence electrons. The third-order valence-corrected chi connectivity index (χ3v) is 2.72. The summed E-state index contributed by atoms with van der Waals surface area (Å²) < 4.78 is 13.7. The van der Waals surface area contributed by atoms with Crippen LogP contribution in [0, 0.1) is 19.7 Å². The van der Waals surface area contributed by atoms with Gasteiger partial charge in [-0.25, -0.2) is 4.39 Å². The van der Waals surface area contributed by atoms with E-state index in [1.165, 1.54) is 6.07 Å². The third kappa shape index (κ3) is 2.50. The van der Waals surface area contributed by atoms with Crippen molar-refractivity contribution in [3.05, 3.63) is 64.7 Å². The quantitative estimate of drug-likeness (QED) is 0.861. The Morgan fingerprint density at radius 2 is 1.94 bits per heavy atom. The van der Waals surface area contributed by atoms with Gasteiger partial charge in [0.05, 0.1) is 11.7 Å². The van der Waals surface area contributed by atoms with Gasteiger partial charge in [0.1, 0.15) is 5.82 Å². The molecule has 1 atom stereocenters. The zero-order valence-electron chi connectivity index (χ0n) is 9.94. The molecule has 1 unspecified atom stereocenters. The average molecular weight is 230 g/mol. The number of benzene rings is 1. The number of pyridine rings is 1. The highest BCUT2D eigenvalue weighted by atomic mass is 19.1. The van der Waals surface area contributed by atoms with E-state index < -0.39 is 6.04 Å². The maximum absolute atomic E-state index is 13.7. The monoisotopic (exact) mass is 230 g/mol. The van der Waals surface area contributed by atoms with Gasteiger partial charge in [0.2, 0.25) is 0 Å². The second kappa shape index (κ2) is 4.63. The Balaban J connectivity index is 2.43. The Morgan fingerprint density at radius 3 is 2.65 bits per heavy atom. The van der Waals surface area contributed by atoms with Crippen LogP contribution in [0.2, 0.25) is 0 Å². The van der Waals surface area contributed by atoms with Crippen LogP contribution in [-0.2, 0) is 0 Å². The maximum atomic E-state index is 13.7. The van der Waals surface area contributed by atoms with Crippen LogP contribution in [0.1, 0.15) is 28.6 Å². The first-order chi connectivity index (χ1) is 8.08. The van der Waals surface area contributed by atoms with E-state index in [0.717, 1.165) is 11.3 Å². The van der Waals surface area contributed by atoms with Crippen molar-refractivity contribution in [3.8, 4) is 0 Å². The summed E-state index contributed by atoms with van der Waals surface area (Å²) >= 11 is 0. The van der Waals surface area contributed by atoms with Crippen LogP contribution in [0.4, 0.5) is 4.39 Å².